The first-order valence-corrected chi connectivity index (χ1v) is 5.68. The average molecular weight is 238 g/mol. The predicted octanol–water partition coefficient (Wildman–Crippen LogP) is 2.50. The minimum atomic E-state index is -0.384. The summed E-state index contributed by atoms with van der Waals surface area (Å²) in [6, 6.07) is 0. The van der Waals surface area contributed by atoms with Crippen LogP contribution in [0.15, 0.2) is 12.7 Å². The maximum absolute atomic E-state index is 11.0. The van der Waals surface area contributed by atoms with Crippen molar-refractivity contribution in [2.45, 2.75) is 33.2 Å². The highest BCUT2D eigenvalue weighted by Crippen LogP contribution is 2.28. The molecule has 1 N–H and O–H groups in total. The standard InChI is InChI=1S/C11H18N4O2/c1-4-6-7-12-11-10(15(16)17)9(3)13-14(11)8-5-2/h4,12H,1,5-8H2,2-3H3. The summed E-state index contributed by atoms with van der Waals surface area (Å²) in [5.41, 5.74) is 0.520. The second-order valence-corrected chi connectivity index (χ2v) is 3.77. The number of nitro groups is 1. The molecule has 6 heteroatoms. The Labute approximate surface area is 100 Å². The number of nitrogens with one attached hydrogen (secondary N) is 1. The molecule has 0 saturated heterocycles. The zero-order valence-corrected chi connectivity index (χ0v) is 10.3. The summed E-state index contributed by atoms with van der Waals surface area (Å²) < 4.78 is 1.66. The lowest BCUT2D eigenvalue weighted by molar-refractivity contribution is -0.384. The van der Waals surface area contributed by atoms with Gasteiger partial charge in [0.2, 0.25) is 5.82 Å². The molecule has 0 atom stereocenters. The van der Waals surface area contributed by atoms with E-state index in [0.29, 0.717) is 24.6 Å². The van der Waals surface area contributed by atoms with Gasteiger partial charge in [-0.05, 0) is 19.8 Å². The van der Waals surface area contributed by atoms with Crippen LogP contribution in [0.25, 0.3) is 0 Å². The molecule has 6 nitrogen and oxygen atoms in total. The van der Waals surface area contributed by atoms with Gasteiger partial charge in [-0.1, -0.05) is 13.0 Å². The first-order valence-electron chi connectivity index (χ1n) is 5.68. The normalized spacial score (nSPS) is 10.2. The molecule has 0 aliphatic heterocycles. The number of hydrogen-bond donors (Lipinski definition) is 1. The van der Waals surface area contributed by atoms with Crippen LogP contribution in [0.3, 0.4) is 0 Å². The topological polar surface area (TPSA) is 73.0 Å². The molecule has 17 heavy (non-hydrogen) atoms. The SMILES string of the molecule is C=CCCNc1c([N+](=O)[O-])c(C)nn1CCC. The molecular formula is C11H18N4O2. The van der Waals surface area contributed by atoms with Crippen molar-refractivity contribution in [3.8, 4) is 0 Å². The van der Waals surface area contributed by atoms with Crippen molar-refractivity contribution < 1.29 is 4.92 Å². The van der Waals surface area contributed by atoms with E-state index < -0.39 is 0 Å². The van der Waals surface area contributed by atoms with Gasteiger partial charge in [0.1, 0.15) is 5.69 Å². The summed E-state index contributed by atoms with van der Waals surface area (Å²) >= 11 is 0. The van der Waals surface area contributed by atoms with E-state index in [2.05, 4.69) is 17.0 Å². The second-order valence-electron chi connectivity index (χ2n) is 3.77. The molecule has 0 spiro atoms. The van der Waals surface area contributed by atoms with Crippen molar-refractivity contribution >= 4 is 11.5 Å². The van der Waals surface area contributed by atoms with Crippen molar-refractivity contribution in [1.82, 2.24) is 9.78 Å². The molecule has 0 radical (unpaired) electrons. The van der Waals surface area contributed by atoms with Gasteiger partial charge in [0.15, 0.2) is 0 Å². The van der Waals surface area contributed by atoms with Gasteiger partial charge >= 0.3 is 5.69 Å². The fourth-order valence-electron chi connectivity index (χ4n) is 1.63. The molecule has 0 aromatic carbocycles. The van der Waals surface area contributed by atoms with E-state index in [0.717, 1.165) is 12.8 Å². The molecule has 0 aliphatic rings. The van der Waals surface area contributed by atoms with Crippen LogP contribution in [-0.4, -0.2) is 21.2 Å². The van der Waals surface area contributed by atoms with Crippen LogP contribution in [0.2, 0.25) is 0 Å². The van der Waals surface area contributed by atoms with Crippen LogP contribution in [0, 0.1) is 17.0 Å². The quantitative estimate of drug-likeness (QED) is 0.343. The third kappa shape index (κ3) is 3.05. The van der Waals surface area contributed by atoms with Gasteiger partial charge in [0, 0.05) is 13.1 Å². The monoisotopic (exact) mass is 238 g/mol. The first kappa shape index (κ1) is 13.2. The summed E-state index contributed by atoms with van der Waals surface area (Å²) in [6.07, 6.45) is 3.41. The van der Waals surface area contributed by atoms with Gasteiger partial charge in [-0.3, -0.25) is 10.1 Å². The Balaban J connectivity index is 3.01. The Bertz CT molecular complexity index is 412. The summed E-state index contributed by atoms with van der Waals surface area (Å²) in [5, 5.41) is 18.2. The molecule has 0 bridgehead atoms. The molecule has 0 aliphatic carbocycles. The Morgan fingerprint density at radius 1 is 1.65 bits per heavy atom. The summed E-state index contributed by atoms with van der Waals surface area (Å²) in [4.78, 5) is 10.6. The maximum Gasteiger partial charge on any atom is 0.333 e. The van der Waals surface area contributed by atoms with Gasteiger partial charge in [-0.15, -0.1) is 6.58 Å². The lowest BCUT2D eigenvalue weighted by atomic mass is 10.3. The van der Waals surface area contributed by atoms with E-state index in [-0.39, 0.29) is 10.6 Å². The fourth-order valence-corrected chi connectivity index (χ4v) is 1.63. The predicted molar refractivity (Wildman–Crippen MR) is 67.2 cm³/mol. The lowest BCUT2D eigenvalue weighted by Gasteiger charge is -2.07. The Hall–Kier alpha value is -1.85. The number of rotatable bonds is 7. The maximum atomic E-state index is 11.0. The number of anilines is 1. The summed E-state index contributed by atoms with van der Waals surface area (Å²) in [5.74, 6) is 0.496. The van der Waals surface area contributed by atoms with Crippen LogP contribution in [-0.2, 0) is 6.54 Å². The smallest absolute Gasteiger partial charge is 0.333 e. The zero-order valence-electron chi connectivity index (χ0n) is 10.3. The van der Waals surface area contributed by atoms with E-state index in [4.69, 9.17) is 0 Å². The second kappa shape index (κ2) is 6.03. The highest BCUT2D eigenvalue weighted by Gasteiger charge is 2.24. The summed E-state index contributed by atoms with van der Waals surface area (Å²) in [7, 11) is 0. The van der Waals surface area contributed by atoms with Crippen molar-refractivity contribution in [2.75, 3.05) is 11.9 Å². The van der Waals surface area contributed by atoms with E-state index in [1.165, 1.54) is 0 Å². The molecule has 0 unspecified atom stereocenters. The molecule has 1 aromatic heterocycles. The Kier molecular flexibility index (Phi) is 4.68. The zero-order chi connectivity index (χ0) is 12.8. The van der Waals surface area contributed by atoms with Gasteiger partial charge in [0.05, 0.1) is 4.92 Å². The molecule has 1 heterocycles. The average Bonchev–Trinajstić information content (AvgIpc) is 2.56. The summed E-state index contributed by atoms with van der Waals surface area (Å²) in [6.45, 7) is 8.58. The van der Waals surface area contributed by atoms with Gasteiger partial charge < -0.3 is 5.32 Å². The number of nitrogens with zero attached hydrogens (tertiary/aromatic N) is 3. The fraction of sp³-hybridized carbons (Fsp3) is 0.545. The van der Waals surface area contributed by atoms with E-state index in [1.54, 1.807) is 17.7 Å². The highest BCUT2D eigenvalue weighted by atomic mass is 16.6. The number of hydrogen-bond acceptors (Lipinski definition) is 4. The van der Waals surface area contributed by atoms with Gasteiger partial charge in [0.25, 0.3) is 0 Å². The lowest BCUT2D eigenvalue weighted by Crippen LogP contribution is -2.09. The molecule has 0 fully saturated rings. The highest BCUT2D eigenvalue weighted by molar-refractivity contribution is 5.59. The molecule has 0 saturated carbocycles. The van der Waals surface area contributed by atoms with Crippen molar-refractivity contribution in [3.05, 3.63) is 28.5 Å². The number of aromatic nitrogens is 2. The first-order chi connectivity index (χ1) is 8.11. The Morgan fingerprint density at radius 3 is 2.88 bits per heavy atom. The number of aryl methyl sites for hydroxylation is 2. The van der Waals surface area contributed by atoms with Crippen LogP contribution in [0.5, 0.6) is 0 Å². The molecule has 1 aromatic rings. The Morgan fingerprint density at radius 2 is 2.35 bits per heavy atom. The van der Waals surface area contributed by atoms with E-state index in [9.17, 15) is 10.1 Å². The van der Waals surface area contributed by atoms with Crippen LogP contribution in [0.1, 0.15) is 25.5 Å². The minimum Gasteiger partial charge on any atom is -0.364 e. The van der Waals surface area contributed by atoms with Crippen molar-refractivity contribution in [3.63, 3.8) is 0 Å². The van der Waals surface area contributed by atoms with E-state index >= 15 is 0 Å². The molecule has 94 valence electrons. The molecule has 1 rings (SSSR count). The largest absolute Gasteiger partial charge is 0.364 e. The molecule has 0 amide bonds. The van der Waals surface area contributed by atoms with Crippen LogP contribution in [0.4, 0.5) is 11.5 Å². The van der Waals surface area contributed by atoms with Crippen LogP contribution >= 0.6 is 0 Å². The van der Waals surface area contributed by atoms with Gasteiger partial charge in [-0.25, -0.2) is 4.68 Å². The van der Waals surface area contributed by atoms with Crippen LogP contribution < -0.4 is 5.32 Å². The minimum absolute atomic E-state index is 0.0718. The third-order valence-electron chi connectivity index (χ3n) is 2.35. The molecular weight excluding hydrogens is 220 g/mol. The van der Waals surface area contributed by atoms with E-state index in [1.807, 2.05) is 6.92 Å². The van der Waals surface area contributed by atoms with Crippen molar-refractivity contribution in [2.24, 2.45) is 0 Å². The third-order valence-corrected chi connectivity index (χ3v) is 2.35. The van der Waals surface area contributed by atoms with Crippen molar-refractivity contribution in [1.29, 1.82) is 0 Å². The van der Waals surface area contributed by atoms with Gasteiger partial charge in [-0.2, -0.15) is 5.10 Å².